The van der Waals surface area contributed by atoms with Crippen molar-refractivity contribution in [3.05, 3.63) is 45.3 Å². The molecule has 1 unspecified atom stereocenters. The highest BCUT2D eigenvalue weighted by atomic mass is 32.1. The first-order chi connectivity index (χ1) is 12.5. The van der Waals surface area contributed by atoms with Gasteiger partial charge in [-0.15, -0.1) is 11.3 Å². The maximum atomic E-state index is 12.3. The molecule has 10 heteroatoms. The topological polar surface area (TPSA) is 108 Å². The lowest BCUT2D eigenvalue weighted by atomic mass is 10.3. The monoisotopic (exact) mass is 375 g/mol. The van der Waals surface area contributed by atoms with E-state index in [2.05, 4.69) is 15.4 Å². The van der Waals surface area contributed by atoms with E-state index in [9.17, 15) is 14.4 Å². The molecule has 0 aromatic carbocycles. The van der Waals surface area contributed by atoms with Crippen LogP contribution in [0, 0.1) is 0 Å². The largest absolute Gasteiger partial charge is 0.451 e. The number of ether oxygens (including phenoxy) is 1. The Balaban J connectivity index is 1.58. The van der Waals surface area contributed by atoms with Gasteiger partial charge in [-0.1, -0.05) is 6.07 Å². The standard InChI is InChI=1S/C16H17N5O4S/c1-10(15(23)17-6-11-4-3-5-26-11)25-13(22)8-21-9-18-14-12(16(21)24)7-19-20(14)2/h3-5,7,9-10H,6,8H2,1-2H3,(H,17,23). The number of carbonyl (C=O) groups excluding carboxylic acids is 2. The average Bonchev–Trinajstić information content (AvgIpc) is 3.25. The number of aromatic nitrogens is 4. The first kappa shape index (κ1) is 17.8. The molecule has 136 valence electrons. The number of carbonyl (C=O) groups is 2. The van der Waals surface area contributed by atoms with Crippen LogP contribution in [0.3, 0.4) is 0 Å². The summed E-state index contributed by atoms with van der Waals surface area (Å²) < 4.78 is 7.70. The predicted molar refractivity (Wildman–Crippen MR) is 94.5 cm³/mol. The van der Waals surface area contributed by atoms with Crippen LogP contribution < -0.4 is 10.9 Å². The van der Waals surface area contributed by atoms with Crippen molar-refractivity contribution >= 4 is 34.2 Å². The van der Waals surface area contributed by atoms with Crippen molar-refractivity contribution in [3.63, 3.8) is 0 Å². The Bertz CT molecular complexity index is 992. The Hall–Kier alpha value is -3.01. The fraction of sp³-hybridized carbons (Fsp3) is 0.312. The van der Waals surface area contributed by atoms with Crippen molar-refractivity contribution < 1.29 is 14.3 Å². The molecule has 0 bridgehead atoms. The Morgan fingerprint density at radius 1 is 1.42 bits per heavy atom. The second-order valence-electron chi connectivity index (χ2n) is 5.61. The smallest absolute Gasteiger partial charge is 0.326 e. The lowest BCUT2D eigenvalue weighted by Crippen LogP contribution is -2.36. The number of nitrogens with zero attached hydrogens (tertiary/aromatic N) is 4. The maximum absolute atomic E-state index is 12.3. The van der Waals surface area contributed by atoms with Crippen molar-refractivity contribution in [2.45, 2.75) is 26.1 Å². The lowest BCUT2D eigenvalue weighted by molar-refractivity contribution is -0.155. The third-order valence-electron chi connectivity index (χ3n) is 3.71. The van der Waals surface area contributed by atoms with Crippen LogP contribution in [-0.2, 0) is 34.5 Å². The molecule has 26 heavy (non-hydrogen) atoms. The molecule has 9 nitrogen and oxygen atoms in total. The van der Waals surface area contributed by atoms with Crippen molar-refractivity contribution in [2.75, 3.05) is 0 Å². The molecule has 0 aliphatic carbocycles. The number of aryl methyl sites for hydroxylation is 1. The van der Waals surface area contributed by atoms with E-state index in [0.29, 0.717) is 17.6 Å². The van der Waals surface area contributed by atoms with Crippen LogP contribution in [0.2, 0.25) is 0 Å². The Labute approximate surface area is 152 Å². The molecular weight excluding hydrogens is 358 g/mol. The van der Waals surface area contributed by atoms with E-state index in [1.807, 2.05) is 17.5 Å². The SMILES string of the molecule is CC(OC(=O)Cn1cnc2c(cnn2C)c1=O)C(=O)NCc1cccs1. The summed E-state index contributed by atoms with van der Waals surface area (Å²) in [5.41, 5.74) is 0.0378. The third kappa shape index (κ3) is 3.80. The van der Waals surface area contributed by atoms with Gasteiger partial charge in [0.25, 0.3) is 11.5 Å². The molecule has 0 aliphatic rings. The van der Waals surface area contributed by atoms with Crippen LogP contribution in [-0.4, -0.2) is 37.3 Å². The zero-order valence-corrected chi connectivity index (χ0v) is 15.0. The van der Waals surface area contributed by atoms with Gasteiger partial charge >= 0.3 is 5.97 Å². The minimum atomic E-state index is -0.965. The average molecular weight is 375 g/mol. The first-order valence-corrected chi connectivity index (χ1v) is 8.70. The summed E-state index contributed by atoms with van der Waals surface area (Å²) in [5, 5.41) is 8.88. The summed E-state index contributed by atoms with van der Waals surface area (Å²) in [4.78, 5) is 41.5. The lowest BCUT2D eigenvalue weighted by Gasteiger charge is -2.13. The number of hydrogen-bond donors (Lipinski definition) is 1. The van der Waals surface area contributed by atoms with E-state index in [0.717, 1.165) is 9.44 Å². The fourth-order valence-electron chi connectivity index (χ4n) is 2.34. The molecule has 1 N–H and O–H groups in total. The molecule has 0 spiro atoms. The zero-order chi connectivity index (χ0) is 18.7. The quantitative estimate of drug-likeness (QED) is 0.627. The van der Waals surface area contributed by atoms with Crippen molar-refractivity contribution in [2.24, 2.45) is 7.05 Å². The van der Waals surface area contributed by atoms with Gasteiger partial charge in [0.1, 0.15) is 18.3 Å². The molecule has 0 saturated carbocycles. The van der Waals surface area contributed by atoms with E-state index in [-0.39, 0.29) is 6.54 Å². The summed E-state index contributed by atoms with van der Waals surface area (Å²) >= 11 is 1.52. The second-order valence-corrected chi connectivity index (χ2v) is 6.64. The van der Waals surface area contributed by atoms with Crippen LogP contribution in [0.25, 0.3) is 11.0 Å². The Morgan fingerprint density at radius 3 is 2.96 bits per heavy atom. The maximum Gasteiger partial charge on any atom is 0.326 e. The zero-order valence-electron chi connectivity index (χ0n) is 14.2. The number of rotatable bonds is 6. The predicted octanol–water partition coefficient (Wildman–Crippen LogP) is 0.440. The summed E-state index contributed by atoms with van der Waals surface area (Å²) in [5.74, 6) is -1.10. The molecule has 0 fully saturated rings. The third-order valence-corrected chi connectivity index (χ3v) is 4.59. The summed E-state index contributed by atoms with van der Waals surface area (Å²) in [6, 6.07) is 3.79. The molecule has 0 radical (unpaired) electrons. The molecular formula is C16H17N5O4S. The summed E-state index contributed by atoms with van der Waals surface area (Å²) in [7, 11) is 1.67. The normalized spacial score (nSPS) is 12.1. The number of amides is 1. The van der Waals surface area contributed by atoms with E-state index < -0.39 is 23.5 Å². The van der Waals surface area contributed by atoms with Gasteiger partial charge in [-0.3, -0.25) is 23.6 Å². The summed E-state index contributed by atoms with van der Waals surface area (Å²) in [6.45, 7) is 1.52. The van der Waals surface area contributed by atoms with Gasteiger partial charge in [-0.2, -0.15) is 5.10 Å². The van der Waals surface area contributed by atoms with Crippen LogP contribution in [0.1, 0.15) is 11.8 Å². The molecule has 3 heterocycles. The Morgan fingerprint density at radius 2 is 2.23 bits per heavy atom. The van der Waals surface area contributed by atoms with Crippen LogP contribution >= 0.6 is 11.3 Å². The molecule has 1 amide bonds. The van der Waals surface area contributed by atoms with E-state index in [1.54, 1.807) is 7.05 Å². The van der Waals surface area contributed by atoms with Gasteiger partial charge in [-0.25, -0.2) is 4.98 Å². The van der Waals surface area contributed by atoms with Crippen molar-refractivity contribution in [1.29, 1.82) is 0 Å². The van der Waals surface area contributed by atoms with Gasteiger partial charge in [0.2, 0.25) is 0 Å². The minimum Gasteiger partial charge on any atom is -0.451 e. The van der Waals surface area contributed by atoms with Crippen LogP contribution in [0.5, 0.6) is 0 Å². The van der Waals surface area contributed by atoms with Gasteiger partial charge < -0.3 is 10.1 Å². The van der Waals surface area contributed by atoms with Crippen LogP contribution in [0.4, 0.5) is 0 Å². The molecule has 3 rings (SSSR count). The number of fused-ring (bicyclic) bond motifs is 1. The molecule has 1 atom stereocenters. The number of nitrogens with one attached hydrogen (secondary N) is 1. The van der Waals surface area contributed by atoms with Crippen molar-refractivity contribution in [1.82, 2.24) is 24.6 Å². The molecule has 0 saturated heterocycles. The number of hydrogen-bond acceptors (Lipinski definition) is 7. The Kier molecular flexibility index (Phi) is 5.12. The highest BCUT2D eigenvalue weighted by Gasteiger charge is 2.19. The number of thiophene rings is 1. The van der Waals surface area contributed by atoms with E-state index >= 15 is 0 Å². The second kappa shape index (κ2) is 7.48. The van der Waals surface area contributed by atoms with Crippen LogP contribution in [0.15, 0.2) is 34.8 Å². The van der Waals surface area contributed by atoms with Gasteiger partial charge in [0.05, 0.1) is 12.7 Å². The van der Waals surface area contributed by atoms with Gasteiger partial charge in [0, 0.05) is 11.9 Å². The molecule has 0 aliphatic heterocycles. The van der Waals surface area contributed by atoms with Crippen molar-refractivity contribution in [3.8, 4) is 0 Å². The summed E-state index contributed by atoms with van der Waals surface area (Å²) in [6.07, 6.45) is 1.69. The highest BCUT2D eigenvalue weighted by molar-refractivity contribution is 7.09. The molecule has 3 aromatic rings. The fourth-order valence-corrected chi connectivity index (χ4v) is 2.98. The number of esters is 1. The van der Waals surface area contributed by atoms with E-state index in [1.165, 1.54) is 35.5 Å². The van der Waals surface area contributed by atoms with Gasteiger partial charge in [-0.05, 0) is 18.4 Å². The first-order valence-electron chi connectivity index (χ1n) is 7.82. The van der Waals surface area contributed by atoms with Gasteiger partial charge in [0.15, 0.2) is 11.8 Å². The minimum absolute atomic E-state index is 0.310. The highest BCUT2D eigenvalue weighted by Crippen LogP contribution is 2.08. The van der Waals surface area contributed by atoms with E-state index in [4.69, 9.17) is 4.74 Å². The molecule has 3 aromatic heterocycles.